The number of allylic oxidation sites excluding steroid dienone is 18. The van der Waals surface area contributed by atoms with Crippen LogP contribution in [-0.4, -0.2) is 37.2 Å². The fourth-order valence-corrected chi connectivity index (χ4v) is 8.81. The summed E-state index contributed by atoms with van der Waals surface area (Å²) in [5, 5.41) is 0. The molecule has 76 heavy (non-hydrogen) atoms. The van der Waals surface area contributed by atoms with E-state index in [1.807, 2.05) is 0 Å². The van der Waals surface area contributed by atoms with E-state index in [9.17, 15) is 14.4 Å². The monoisotopic (exact) mass is 1050 g/mol. The highest BCUT2D eigenvalue weighted by Crippen LogP contribution is 2.16. The Morgan fingerprint density at radius 1 is 0.276 bits per heavy atom. The molecule has 0 N–H and O–H groups in total. The van der Waals surface area contributed by atoms with E-state index in [1.165, 1.54) is 122 Å². The predicted molar refractivity (Wildman–Crippen MR) is 330 cm³/mol. The van der Waals surface area contributed by atoms with Crippen LogP contribution in [0.3, 0.4) is 0 Å². The Morgan fingerprint density at radius 3 is 0.803 bits per heavy atom. The van der Waals surface area contributed by atoms with Crippen molar-refractivity contribution >= 4 is 17.9 Å². The lowest BCUT2D eigenvalue weighted by Crippen LogP contribution is -2.30. The molecule has 6 heteroatoms. The third-order valence-electron chi connectivity index (χ3n) is 13.5. The molecule has 0 aliphatic rings. The molecular formula is C70H118O6. The van der Waals surface area contributed by atoms with Crippen LogP contribution in [0.2, 0.25) is 0 Å². The molecule has 0 aromatic rings. The van der Waals surface area contributed by atoms with Crippen LogP contribution in [0.5, 0.6) is 0 Å². The standard InChI is InChI=1S/C70H118O6/c1-4-7-10-13-16-19-22-25-27-28-29-30-31-32-33-34-35-36-37-38-39-40-41-42-44-45-48-51-54-57-60-63-69(72)75-66-67(65-74-68(71)62-59-56-53-50-47-24-21-18-15-12-9-6-3)76-70(73)64-61-58-55-52-49-46-43-26-23-20-17-14-11-8-5-2/h7-8,10-11,16-17,19-20,25-27,29-30,32-33,35-36,43,67H,4-6,9,12-15,18,21-24,28,31,34,37-42,44-66H2,1-3H3/b10-7-,11-8-,19-16-,20-17-,27-25-,30-29-,33-32-,36-35-,43-26-. The van der Waals surface area contributed by atoms with E-state index in [2.05, 4.69) is 130 Å². The Kier molecular flexibility index (Phi) is 60.3. The molecule has 6 nitrogen and oxygen atoms in total. The molecule has 0 radical (unpaired) electrons. The summed E-state index contributed by atoms with van der Waals surface area (Å²) < 4.78 is 16.9. The molecule has 0 bridgehead atoms. The van der Waals surface area contributed by atoms with E-state index in [0.29, 0.717) is 19.3 Å². The molecule has 0 fully saturated rings. The van der Waals surface area contributed by atoms with Gasteiger partial charge in [0.2, 0.25) is 0 Å². The number of carbonyl (C=O) groups excluding carboxylic acids is 3. The van der Waals surface area contributed by atoms with Crippen molar-refractivity contribution in [1.82, 2.24) is 0 Å². The summed E-state index contributed by atoms with van der Waals surface area (Å²) in [6.07, 6.45) is 86.7. The van der Waals surface area contributed by atoms with Gasteiger partial charge in [-0.2, -0.15) is 0 Å². The van der Waals surface area contributed by atoms with Crippen LogP contribution in [0.15, 0.2) is 109 Å². The van der Waals surface area contributed by atoms with Gasteiger partial charge < -0.3 is 14.2 Å². The molecule has 0 aliphatic carbocycles. The van der Waals surface area contributed by atoms with E-state index in [0.717, 1.165) is 135 Å². The lowest BCUT2D eigenvalue weighted by molar-refractivity contribution is -0.167. The van der Waals surface area contributed by atoms with Gasteiger partial charge in [-0.3, -0.25) is 14.4 Å². The van der Waals surface area contributed by atoms with E-state index in [4.69, 9.17) is 14.2 Å². The van der Waals surface area contributed by atoms with Crippen molar-refractivity contribution in [2.24, 2.45) is 0 Å². The van der Waals surface area contributed by atoms with Gasteiger partial charge in [-0.25, -0.2) is 0 Å². The molecule has 0 amide bonds. The lowest BCUT2D eigenvalue weighted by Gasteiger charge is -2.18. The topological polar surface area (TPSA) is 78.9 Å². The minimum atomic E-state index is -0.787. The number of ether oxygens (including phenoxy) is 3. The number of hydrogen-bond donors (Lipinski definition) is 0. The van der Waals surface area contributed by atoms with Gasteiger partial charge in [0.05, 0.1) is 0 Å². The molecule has 434 valence electrons. The highest BCUT2D eigenvalue weighted by Gasteiger charge is 2.19. The van der Waals surface area contributed by atoms with Gasteiger partial charge in [0.1, 0.15) is 13.2 Å². The van der Waals surface area contributed by atoms with E-state index in [1.54, 1.807) is 0 Å². The molecule has 0 heterocycles. The van der Waals surface area contributed by atoms with Crippen LogP contribution < -0.4 is 0 Å². The predicted octanol–water partition coefficient (Wildman–Crippen LogP) is 21.8. The molecule has 0 aromatic heterocycles. The summed E-state index contributed by atoms with van der Waals surface area (Å²) in [7, 11) is 0. The molecule has 0 aromatic carbocycles. The number of rotatable bonds is 57. The summed E-state index contributed by atoms with van der Waals surface area (Å²) in [5.41, 5.74) is 0. The molecule has 1 unspecified atom stereocenters. The van der Waals surface area contributed by atoms with E-state index >= 15 is 0 Å². The largest absolute Gasteiger partial charge is 0.462 e. The minimum Gasteiger partial charge on any atom is -0.462 e. The van der Waals surface area contributed by atoms with Crippen molar-refractivity contribution in [3.63, 3.8) is 0 Å². The van der Waals surface area contributed by atoms with Crippen LogP contribution in [0, 0.1) is 0 Å². The normalized spacial score (nSPS) is 12.8. The van der Waals surface area contributed by atoms with E-state index in [-0.39, 0.29) is 31.1 Å². The summed E-state index contributed by atoms with van der Waals surface area (Å²) in [6.45, 7) is 6.41. The third kappa shape index (κ3) is 60.9. The summed E-state index contributed by atoms with van der Waals surface area (Å²) in [4.78, 5) is 38.2. The molecule has 0 aliphatic heterocycles. The van der Waals surface area contributed by atoms with Crippen molar-refractivity contribution in [2.45, 2.75) is 303 Å². The SMILES string of the molecule is CC/C=C\C/C=C\C/C=C\C/C=C\C/C=C\C/C=C\CCCCCCCCCCCCCCC(=O)OCC(COC(=O)CCCCCCCCCCCCCC)OC(=O)CCCCCCC/C=C\C/C=C\C/C=C\CC. The molecule has 0 rings (SSSR count). The molecule has 1 atom stereocenters. The molecule has 0 saturated heterocycles. The Hall–Kier alpha value is -3.93. The quantitative estimate of drug-likeness (QED) is 0.0261. The van der Waals surface area contributed by atoms with Crippen LogP contribution >= 0.6 is 0 Å². The van der Waals surface area contributed by atoms with Crippen molar-refractivity contribution in [3.05, 3.63) is 109 Å². The van der Waals surface area contributed by atoms with Gasteiger partial charge in [-0.1, -0.05) is 284 Å². The van der Waals surface area contributed by atoms with Gasteiger partial charge in [0.15, 0.2) is 6.10 Å². The molecule has 0 spiro atoms. The minimum absolute atomic E-state index is 0.0829. The van der Waals surface area contributed by atoms with Crippen LogP contribution in [0.25, 0.3) is 0 Å². The number of hydrogen-bond acceptors (Lipinski definition) is 6. The van der Waals surface area contributed by atoms with Crippen molar-refractivity contribution < 1.29 is 28.6 Å². The first-order valence-electron chi connectivity index (χ1n) is 31.9. The van der Waals surface area contributed by atoms with Crippen LogP contribution in [-0.2, 0) is 28.6 Å². The first kappa shape index (κ1) is 72.1. The smallest absolute Gasteiger partial charge is 0.306 e. The van der Waals surface area contributed by atoms with Crippen molar-refractivity contribution in [2.75, 3.05) is 13.2 Å². The first-order valence-corrected chi connectivity index (χ1v) is 31.9. The van der Waals surface area contributed by atoms with E-state index < -0.39 is 6.10 Å². The maximum atomic E-state index is 12.9. The van der Waals surface area contributed by atoms with Crippen LogP contribution in [0.4, 0.5) is 0 Å². The van der Waals surface area contributed by atoms with Crippen molar-refractivity contribution in [1.29, 1.82) is 0 Å². The summed E-state index contributed by atoms with van der Waals surface area (Å²) in [5.74, 6) is -0.895. The van der Waals surface area contributed by atoms with Gasteiger partial charge in [0, 0.05) is 19.3 Å². The third-order valence-corrected chi connectivity index (χ3v) is 13.5. The fraction of sp³-hybridized carbons (Fsp3) is 0.700. The highest BCUT2D eigenvalue weighted by molar-refractivity contribution is 5.71. The zero-order valence-corrected chi connectivity index (χ0v) is 49.7. The van der Waals surface area contributed by atoms with Crippen LogP contribution in [0.1, 0.15) is 297 Å². The van der Waals surface area contributed by atoms with Crippen molar-refractivity contribution in [3.8, 4) is 0 Å². The Labute approximate surface area is 470 Å². The van der Waals surface area contributed by atoms with Gasteiger partial charge in [-0.15, -0.1) is 0 Å². The number of carbonyl (C=O) groups is 3. The number of unbranched alkanes of at least 4 members (excludes halogenated alkanes) is 28. The highest BCUT2D eigenvalue weighted by atomic mass is 16.6. The Balaban J connectivity index is 4.22. The fourth-order valence-electron chi connectivity index (χ4n) is 8.81. The lowest BCUT2D eigenvalue weighted by atomic mass is 10.0. The number of esters is 3. The zero-order chi connectivity index (χ0) is 55.0. The average molecular weight is 1060 g/mol. The summed E-state index contributed by atoms with van der Waals surface area (Å²) in [6, 6.07) is 0. The maximum absolute atomic E-state index is 12.9. The zero-order valence-electron chi connectivity index (χ0n) is 49.7. The Morgan fingerprint density at radius 2 is 0.513 bits per heavy atom. The van der Waals surface area contributed by atoms with Gasteiger partial charge in [-0.05, 0) is 103 Å². The average Bonchev–Trinajstić information content (AvgIpc) is 3.42. The second-order valence-corrected chi connectivity index (χ2v) is 20.9. The molecular weight excluding hydrogens is 937 g/mol. The second-order valence-electron chi connectivity index (χ2n) is 20.9. The molecule has 0 saturated carbocycles. The first-order chi connectivity index (χ1) is 37.5. The van der Waals surface area contributed by atoms with Gasteiger partial charge in [0.25, 0.3) is 0 Å². The second kappa shape index (κ2) is 63.6. The summed E-state index contributed by atoms with van der Waals surface area (Å²) >= 11 is 0. The Bertz CT molecular complexity index is 1540. The maximum Gasteiger partial charge on any atom is 0.306 e. The van der Waals surface area contributed by atoms with Gasteiger partial charge >= 0.3 is 17.9 Å².